The van der Waals surface area contributed by atoms with Crippen molar-refractivity contribution in [2.45, 2.75) is 334 Å². The highest BCUT2D eigenvalue weighted by Crippen LogP contribution is 2.16. The summed E-state index contributed by atoms with van der Waals surface area (Å²) < 4.78 is 5.48. The first-order valence-corrected chi connectivity index (χ1v) is 30.9. The number of unbranched alkanes of at least 4 members (excludes halogenated alkanes) is 40. The zero-order chi connectivity index (χ0) is 50.7. The lowest BCUT2D eigenvalue weighted by atomic mass is 10.0. The average Bonchev–Trinajstić information content (AvgIpc) is 3.36. The molecule has 0 spiro atoms. The molecule has 0 aromatic heterocycles. The second kappa shape index (κ2) is 59.4. The van der Waals surface area contributed by atoms with Crippen molar-refractivity contribution >= 4 is 11.9 Å². The molecule has 0 aliphatic carbocycles. The number of aliphatic hydroxyl groups is 2. The number of aliphatic hydroxyl groups excluding tert-OH is 2. The summed E-state index contributed by atoms with van der Waals surface area (Å²) in [4.78, 5) is 24.5. The summed E-state index contributed by atoms with van der Waals surface area (Å²) in [6.45, 7) is 4.88. The molecule has 6 nitrogen and oxygen atoms in total. The van der Waals surface area contributed by atoms with Gasteiger partial charge >= 0.3 is 5.97 Å². The van der Waals surface area contributed by atoms with Gasteiger partial charge in [0.1, 0.15) is 0 Å². The highest BCUT2D eigenvalue weighted by atomic mass is 16.5. The minimum Gasteiger partial charge on any atom is -0.466 e. The van der Waals surface area contributed by atoms with E-state index >= 15 is 0 Å². The van der Waals surface area contributed by atoms with Gasteiger partial charge in [-0.05, 0) is 89.9 Å². The summed E-state index contributed by atoms with van der Waals surface area (Å²) in [5.74, 6) is -0.0709. The summed E-state index contributed by atoms with van der Waals surface area (Å²) >= 11 is 0. The number of allylic oxidation sites excluding steroid dienone is 7. The fraction of sp³-hybridized carbons (Fsp3) is 0.844. The Morgan fingerprint density at radius 1 is 0.400 bits per heavy atom. The first kappa shape index (κ1) is 67.8. The lowest BCUT2D eigenvalue weighted by Gasteiger charge is -2.20. The number of rotatable bonds is 57. The largest absolute Gasteiger partial charge is 0.466 e. The van der Waals surface area contributed by atoms with Crippen molar-refractivity contribution in [2.75, 3.05) is 13.2 Å². The molecular formula is C64H119NO5. The zero-order valence-corrected chi connectivity index (χ0v) is 46.7. The molecule has 0 aromatic rings. The Kier molecular flexibility index (Phi) is 57.5. The van der Waals surface area contributed by atoms with Crippen LogP contribution in [0.2, 0.25) is 0 Å². The van der Waals surface area contributed by atoms with Crippen LogP contribution in [0.3, 0.4) is 0 Å². The smallest absolute Gasteiger partial charge is 0.305 e. The van der Waals surface area contributed by atoms with Crippen LogP contribution >= 0.6 is 0 Å². The van der Waals surface area contributed by atoms with E-state index in [2.05, 4.69) is 55.6 Å². The van der Waals surface area contributed by atoms with Crippen molar-refractivity contribution in [1.29, 1.82) is 0 Å². The maximum atomic E-state index is 12.4. The number of amides is 1. The van der Waals surface area contributed by atoms with Gasteiger partial charge in [0.05, 0.1) is 25.4 Å². The number of hydrogen-bond acceptors (Lipinski definition) is 5. The summed E-state index contributed by atoms with van der Waals surface area (Å²) in [6, 6.07) is -0.629. The molecule has 0 fully saturated rings. The molecule has 0 aliphatic rings. The third kappa shape index (κ3) is 55.1. The Balaban J connectivity index is 3.41. The Bertz CT molecular complexity index is 1180. The lowest BCUT2D eigenvalue weighted by molar-refractivity contribution is -0.143. The molecule has 0 aromatic carbocycles. The molecule has 1 amide bonds. The van der Waals surface area contributed by atoms with Gasteiger partial charge in [-0.25, -0.2) is 0 Å². The Morgan fingerprint density at radius 3 is 1.10 bits per heavy atom. The normalized spacial score (nSPS) is 12.9. The predicted octanol–water partition coefficient (Wildman–Crippen LogP) is 19.4. The van der Waals surface area contributed by atoms with Crippen LogP contribution in [0.25, 0.3) is 0 Å². The van der Waals surface area contributed by atoms with Crippen LogP contribution in [0.1, 0.15) is 322 Å². The molecular weight excluding hydrogens is 863 g/mol. The Hall–Kier alpha value is -2.18. The first-order chi connectivity index (χ1) is 34.5. The molecule has 410 valence electrons. The number of ether oxygens (including phenoxy) is 1. The summed E-state index contributed by atoms with van der Waals surface area (Å²) in [7, 11) is 0. The van der Waals surface area contributed by atoms with Crippen molar-refractivity contribution in [2.24, 2.45) is 0 Å². The number of nitrogens with one attached hydrogen (secondary N) is 1. The first-order valence-electron chi connectivity index (χ1n) is 30.9. The van der Waals surface area contributed by atoms with E-state index in [0.29, 0.717) is 19.4 Å². The zero-order valence-electron chi connectivity index (χ0n) is 46.7. The predicted molar refractivity (Wildman–Crippen MR) is 306 cm³/mol. The third-order valence-corrected chi connectivity index (χ3v) is 14.1. The van der Waals surface area contributed by atoms with Gasteiger partial charge in [-0.3, -0.25) is 9.59 Å². The summed E-state index contributed by atoms with van der Waals surface area (Å²) in [5, 5.41) is 23.0. The number of hydrogen-bond donors (Lipinski definition) is 3. The molecule has 6 heteroatoms. The molecule has 0 rings (SSSR count). The minimum atomic E-state index is -0.845. The fourth-order valence-electron chi connectivity index (χ4n) is 9.31. The standard InChI is InChI=1S/C64H119NO5/c1-3-5-7-9-11-13-15-16-17-32-35-38-42-46-50-54-58-64(69)70-59-55-51-47-43-39-36-33-30-28-26-24-22-20-18-19-21-23-25-27-29-31-34-37-41-45-49-53-57-63(68)65-61(60-66)62(67)56-52-48-44-40-14-12-10-8-6-4-2/h17-19,22,24,32,52,56,61-62,66-67H,3-16,20-21,23,25-31,33-51,53-55,57-60H2,1-2H3,(H,65,68)/b19-18-,24-22-,32-17-,56-52+. The van der Waals surface area contributed by atoms with Crippen LogP contribution < -0.4 is 5.32 Å². The molecule has 2 unspecified atom stereocenters. The molecule has 0 radical (unpaired) electrons. The summed E-state index contributed by atoms with van der Waals surface area (Å²) in [5.41, 5.74) is 0. The maximum Gasteiger partial charge on any atom is 0.305 e. The molecule has 0 bridgehead atoms. The topological polar surface area (TPSA) is 95.9 Å². The SMILES string of the molecule is CCCCCCCCC/C=C\CCCCCCCC(=O)OCCCCCCCCCCC/C=C\C/C=C\CCCCCCCCCCCCCC(=O)NC(CO)C(O)/C=C/CCCCCCCCCC. The molecule has 3 N–H and O–H groups in total. The number of carbonyl (C=O) groups is 2. The van der Waals surface area contributed by atoms with E-state index in [9.17, 15) is 19.8 Å². The van der Waals surface area contributed by atoms with E-state index in [1.165, 1.54) is 244 Å². The van der Waals surface area contributed by atoms with Gasteiger partial charge in [0.2, 0.25) is 5.91 Å². The molecule has 0 saturated heterocycles. The van der Waals surface area contributed by atoms with Gasteiger partial charge in [-0.2, -0.15) is 0 Å². The van der Waals surface area contributed by atoms with Crippen molar-refractivity contribution in [1.82, 2.24) is 5.32 Å². The van der Waals surface area contributed by atoms with E-state index in [0.717, 1.165) is 51.4 Å². The third-order valence-electron chi connectivity index (χ3n) is 14.1. The number of carbonyl (C=O) groups excluding carboxylic acids is 2. The maximum absolute atomic E-state index is 12.4. The van der Waals surface area contributed by atoms with Gasteiger partial charge in [-0.1, -0.05) is 268 Å². The van der Waals surface area contributed by atoms with E-state index < -0.39 is 12.1 Å². The van der Waals surface area contributed by atoms with Crippen LogP contribution in [0.15, 0.2) is 48.6 Å². The fourth-order valence-corrected chi connectivity index (χ4v) is 9.31. The highest BCUT2D eigenvalue weighted by molar-refractivity contribution is 5.76. The average molecular weight is 983 g/mol. The van der Waals surface area contributed by atoms with Gasteiger partial charge in [0.25, 0.3) is 0 Å². The molecule has 0 heterocycles. The molecule has 2 atom stereocenters. The van der Waals surface area contributed by atoms with Crippen LogP contribution in [0.4, 0.5) is 0 Å². The van der Waals surface area contributed by atoms with Crippen LogP contribution in [0.5, 0.6) is 0 Å². The monoisotopic (exact) mass is 982 g/mol. The Labute approximate surface area is 436 Å². The Morgan fingerprint density at radius 2 is 0.714 bits per heavy atom. The number of esters is 1. The quantitative estimate of drug-likeness (QED) is 0.0321. The van der Waals surface area contributed by atoms with Crippen LogP contribution in [0, 0.1) is 0 Å². The van der Waals surface area contributed by atoms with E-state index in [1.807, 2.05) is 6.08 Å². The summed E-state index contributed by atoms with van der Waals surface area (Å²) in [6.07, 6.45) is 75.9. The van der Waals surface area contributed by atoms with Crippen LogP contribution in [-0.2, 0) is 14.3 Å². The van der Waals surface area contributed by atoms with Crippen molar-refractivity contribution in [3.05, 3.63) is 48.6 Å². The highest BCUT2D eigenvalue weighted by Gasteiger charge is 2.18. The van der Waals surface area contributed by atoms with Gasteiger partial charge < -0.3 is 20.3 Å². The van der Waals surface area contributed by atoms with Crippen LogP contribution in [-0.4, -0.2) is 47.4 Å². The molecule has 70 heavy (non-hydrogen) atoms. The minimum absolute atomic E-state index is 0.00243. The van der Waals surface area contributed by atoms with E-state index in [4.69, 9.17) is 4.74 Å². The van der Waals surface area contributed by atoms with Gasteiger partial charge in [0, 0.05) is 12.8 Å². The van der Waals surface area contributed by atoms with Gasteiger partial charge in [0.15, 0.2) is 0 Å². The van der Waals surface area contributed by atoms with Gasteiger partial charge in [-0.15, -0.1) is 0 Å². The lowest BCUT2D eigenvalue weighted by Crippen LogP contribution is -2.45. The van der Waals surface area contributed by atoms with E-state index in [-0.39, 0.29) is 18.5 Å². The van der Waals surface area contributed by atoms with Crippen molar-refractivity contribution in [3.8, 4) is 0 Å². The molecule has 0 saturated carbocycles. The molecule has 0 aliphatic heterocycles. The van der Waals surface area contributed by atoms with Crippen molar-refractivity contribution < 1.29 is 24.5 Å². The van der Waals surface area contributed by atoms with E-state index in [1.54, 1.807) is 6.08 Å². The second-order valence-electron chi connectivity index (χ2n) is 21.0. The van der Waals surface area contributed by atoms with Crippen molar-refractivity contribution in [3.63, 3.8) is 0 Å². The second-order valence-corrected chi connectivity index (χ2v) is 21.0.